The van der Waals surface area contributed by atoms with Crippen LogP contribution in [0.25, 0.3) is 0 Å². The number of carbonyl (C=O) groups excluding carboxylic acids is 2. The van der Waals surface area contributed by atoms with Gasteiger partial charge in [-0.1, -0.05) is 17.2 Å². The summed E-state index contributed by atoms with van der Waals surface area (Å²) >= 11 is 2.20. The standard InChI is InChI=1S/C16H16INO2/c1-9-6-13-14(7-10(9)2)16(20)18(15(13)19)12-5-3-4-11(17)8-12/h3-5,8,13-14H,6-7H2,1-2H3/t13-,14-/m1/s1. The molecule has 1 fully saturated rings. The second kappa shape index (κ2) is 4.98. The van der Waals surface area contributed by atoms with E-state index in [9.17, 15) is 9.59 Å². The first-order valence-corrected chi connectivity index (χ1v) is 7.85. The molecule has 0 aromatic heterocycles. The third-order valence-corrected chi connectivity index (χ3v) is 5.08. The summed E-state index contributed by atoms with van der Waals surface area (Å²) in [5, 5.41) is 0. The molecule has 0 N–H and O–H groups in total. The molecule has 1 aromatic carbocycles. The second-order valence-electron chi connectivity index (χ2n) is 5.67. The lowest BCUT2D eigenvalue weighted by atomic mass is 9.78. The van der Waals surface area contributed by atoms with Gasteiger partial charge in [-0.3, -0.25) is 9.59 Å². The number of rotatable bonds is 1. The molecule has 3 nitrogen and oxygen atoms in total. The Morgan fingerprint density at radius 3 is 2.10 bits per heavy atom. The van der Waals surface area contributed by atoms with Crippen LogP contribution < -0.4 is 4.90 Å². The average molecular weight is 381 g/mol. The van der Waals surface area contributed by atoms with Crippen LogP contribution in [0.2, 0.25) is 0 Å². The number of halogens is 1. The fourth-order valence-corrected chi connectivity index (χ4v) is 3.65. The number of anilines is 1. The van der Waals surface area contributed by atoms with Crippen molar-refractivity contribution in [1.82, 2.24) is 0 Å². The summed E-state index contributed by atoms with van der Waals surface area (Å²) in [6, 6.07) is 7.57. The van der Waals surface area contributed by atoms with E-state index < -0.39 is 0 Å². The number of amides is 2. The first-order chi connectivity index (χ1) is 9.49. The quantitative estimate of drug-likeness (QED) is 0.424. The van der Waals surface area contributed by atoms with Gasteiger partial charge in [0.1, 0.15) is 0 Å². The molecule has 0 spiro atoms. The van der Waals surface area contributed by atoms with Gasteiger partial charge < -0.3 is 0 Å². The van der Waals surface area contributed by atoms with E-state index in [4.69, 9.17) is 0 Å². The molecule has 2 aliphatic rings. The van der Waals surface area contributed by atoms with Crippen molar-refractivity contribution < 1.29 is 9.59 Å². The number of allylic oxidation sites excluding steroid dienone is 2. The van der Waals surface area contributed by atoms with Crippen LogP contribution in [0.1, 0.15) is 26.7 Å². The molecule has 1 saturated heterocycles. The van der Waals surface area contributed by atoms with Gasteiger partial charge in [-0.15, -0.1) is 0 Å². The molecule has 4 heteroatoms. The maximum atomic E-state index is 12.6. The monoisotopic (exact) mass is 381 g/mol. The summed E-state index contributed by atoms with van der Waals surface area (Å²) < 4.78 is 1.03. The lowest BCUT2D eigenvalue weighted by Crippen LogP contribution is -2.30. The molecule has 2 amide bonds. The lowest BCUT2D eigenvalue weighted by Gasteiger charge is -2.23. The van der Waals surface area contributed by atoms with Crippen LogP contribution in [0.3, 0.4) is 0 Å². The van der Waals surface area contributed by atoms with Crippen molar-refractivity contribution in [1.29, 1.82) is 0 Å². The Morgan fingerprint density at radius 2 is 1.60 bits per heavy atom. The molecule has 0 bridgehead atoms. The molecule has 104 valence electrons. The number of imide groups is 1. The Morgan fingerprint density at radius 1 is 1.05 bits per heavy atom. The van der Waals surface area contributed by atoms with Crippen molar-refractivity contribution in [2.75, 3.05) is 4.90 Å². The van der Waals surface area contributed by atoms with Gasteiger partial charge in [0, 0.05) is 3.57 Å². The smallest absolute Gasteiger partial charge is 0.238 e. The number of hydrogen-bond acceptors (Lipinski definition) is 2. The number of nitrogens with zero attached hydrogens (tertiary/aromatic N) is 1. The maximum absolute atomic E-state index is 12.6. The fourth-order valence-electron chi connectivity index (χ4n) is 3.12. The van der Waals surface area contributed by atoms with E-state index in [1.807, 2.05) is 24.3 Å². The van der Waals surface area contributed by atoms with Crippen LogP contribution in [-0.4, -0.2) is 11.8 Å². The largest absolute Gasteiger partial charge is 0.274 e. The van der Waals surface area contributed by atoms with E-state index in [0.29, 0.717) is 5.69 Å². The fraction of sp³-hybridized carbons (Fsp3) is 0.375. The van der Waals surface area contributed by atoms with E-state index >= 15 is 0 Å². The molecule has 1 heterocycles. The van der Waals surface area contributed by atoms with Gasteiger partial charge in [-0.25, -0.2) is 4.90 Å². The highest BCUT2D eigenvalue weighted by Gasteiger charge is 2.49. The van der Waals surface area contributed by atoms with Gasteiger partial charge in [0.25, 0.3) is 0 Å². The van der Waals surface area contributed by atoms with E-state index in [-0.39, 0.29) is 23.7 Å². The van der Waals surface area contributed by atoms with Crippen molar-refractivity contribution in [2.24, 2.45) is 11.8 Å². The zero-order chi connectivity index (χ0) is 14.4. The van der Waals surface area contributed by atoms with Crippen molar-refractivity contribution in [2.45, 2.75) is 26.7 Å². The van der Waals surface area contributed by atoms with Gasteiger partial charge in [0.05, 0.1) is 17.5 Å². The first kappa shape index (κ1) is 13.8. The number of hydrogen-bond donors (Lipinski definition) is 0. The second-order valence-corrected chi connectivity index (χ2v) is 6.92. The summed E-state index contributed by atoms with van der Waals surface area (Å²) in [5.41, 5.74) is 3.23. The predicted molar refractivity (Wildman–Crippen MR) is 86.2 cm³/mol. The maximum Gasteiger partial charge on any atom is 0.238 e. The zero-order valence-electron chi connectivity index (χ0n) is 11.5. The van der Waals surface area contributed by atoms with Crippen molar-refractivity contribution in [3.8, 4) is 0 Å². The summed E-state index contributed by atoms with van der Waals surface area (Å²) in [6.45, 7) is 4.13. The molecule has 3 rings (SSSR count). The molecule has 1 aliphatic heterocycles. The van der Waals surface area contributed by atoms with Crippen molar-refractivity contribution in [3.05, 3.63) is 39.0 Å². The zero-order valence-corrected chi connectivity index (χ0v) is 13.7. The molecule has 0 unspecified atom stereocenters. The van der Waals surface area contributed by atoms with E-state index in [2.05, 4.69) is 36.4 Å². The summed E-state index contributed by atoms with van der Waals surface area (Å²) in [5.74, 6) is -0.393. The van der Waals surface area contributed by atoms with Gasteiger partial charge in [-0.2, -0.15) is 0 Å². The number of benzene rings is 1. The van der Waals surface area contributed by atoms with Gasteiger partial charge in [0.2, 0.25) is 11.8 Å². The highest BCUT2D eigenvalue weighted by atomic mass is 127. The molecule has 0 saturated carbocycles. The van der Waals surface area contributed by atoms with Crippen molar-refractivity contribution in [3.63, 3.8) is 0 Å². The minimum absolute atomic E-state index is 0.0335. The third kappa shape index (κ3) is 2.10. The minimum Gasteiger partial charge on any atom is -0.274 e. The minimum atomic E-state index is -0.163. The predicted octanol–water partition coefficient (Wildman–Crippen LogP) is 3.53. The number of carbonyl (C=O) groups is 2. The molecule has 1 aromatic rings. The van der Waals surface area contributed by atoms with Crippen LogP contribution in [0.4, 0.5) is 5.69 Å². The Balaban J connectivity index is 1.98. The SMILES string of the molecule is CC1=C(C)C[C@H]2C(=O)N(c3cccc(I)c3)C(=O)[C@@H]2C1. The van der Waals surface area contributed by atoms with Gasteiger partial charge >= 0.3 is 0 Å². The van der Waals surface area contributed by atoms with Gasteiger partial charge in [0.15, 0.2) is 0 Å². The number of fused-ring (bicyclic) bond motifs is 1. The summed E-state index contributed by atoms with van der Waals surface area (Å²) in [7, 11) is 0. The summed E-state index contributed by atoms with van der Waals surface area (Å²) in [6.07, 6.45) is 1.45. The average Bonchev–Trinajstić information content (AvgIpc) is 2.63. The van der Waals surface area contributed by atoms with Crippen LogP contribution in [-0.2, 0) is 9.59 Å². The lowest BCUT2D eigenvalue weighted by molar-refractivity contribution is -0.122. The van der Waals surface area contributed by atoms with Crippen LogP contribution in [0.15, 0.2) is 35.4 Å². The Hall–Kier alpha value is -1.17. The Labute approximate surface area is 132 Å². The van der Waals surface area contributed by atoms with Crippen molar-refractivity contribution >= 4 is 40.1 Å². The van der Waals surface area contributed by atoms with Gasteiger partial charge in [-0.05, 0) is 67.5 Å². The molecule has 1 aliphatic carbocycles. The van der Waals surface area contributed by atoms with E-state index in [1.165, 1.54) is 16.0 Å². The molecule has 20 heavy (non-hydrogen) atoms. The van der Waals surface area contributed by atoms with E-state index in [0.717, 1.165) is 16.4 Å². The first-order valence-electron chi connectivity index (χ1n) is 6.77. The third-order valence-electron chi connectivity index (χ3n) is 4.41. The Bertz CT molecular complexity index is 603. The topological polar surface area (TPSA) is 37.4 Å². The highest BCUT2D eigenvalue weighted by Crippen LogP contribution is 2.42. The molecular weight excluding hydrogens is 365 g/mol. The normalized spacial score (nSPS) is 26.2. The Kier molecular flexibility index (Phi) is 3.44. The van der Waals surface area contributed by atoms with Crippen LogP contribution >= 0.6 is 22.6 Å². The molecule has 0 radical (unpaired) electrons. The van der Waals surface area contributed by atoms with Crippen LogP contribution in [0.5, 0.6) is 0 Å². The van der Waals surface area contributed by atoms with E-state index in [1.54, 1.807) is 0 Å². The summed E-state index contributed by atoms with van der Waals surface area (Å²) in [4.78, 5) is 26.6. The van der Waals surface area contributed by atoms with Crippen LogP contribution in [0, 0.1) is 15.4 Å². The highest BCUT2D eigenvalue weighted by molar-refractivity contribution is 14.1. The molecule has 2 atom stereocenters. The molecular formula is C16H16INO2.